The number of aliphatic hydroxyl groups is 1. The molecule has 0 aromatic heterocycles. The Balaban J connectivity index is 2.38. The topological polar surface area (TPSA) is 55.8 Å². The molecule has 0 bridgehead atoms. The van der Waals surface area contributed by atoms with Crippen LogP contribution in [-0.2, 0) is 16.0 Å². The molecule has 1 unspecified atom stereocenters. The molecule has 1 aliphatic rings. The van der Waals surface area contributed by atoms with E-state index in [0.717, 1.165) is 5.56 Å². The van der Waals surface area contributed by atoms with Gasteiger partial charge >= 0.3 is 5.97 Å². The van der Waals surface area contributed by atoms with Gasteiger partial charge in [-0.05, 0) is 19.1 Å². The number of halogens is 1. The predicted octanol–water partition coefficient (Wildman–Crippen LogP) is 1.87. The van der Waals surface area contributed by atoms with Crippen molar-refractivity contribution in [2.24, 2.45) is 0 Å². The molecular formula is C12H13ClO4. The lowest BCUT2D eigenvalue weighted by Gasteiger charge is -2.14. The second kappa shape index (κ2) is 4.94. The highest BCUT2D eigenvalue weighted by Gasteiger charge is 2.28. The lowest BCUT2D eigenvalue weighted by molar-refractivity contribution is -0.153. The molecule has 5 heteroatoms. The first-order valence-electron chi connectivity index (χ1n) is 5.44. The maximum Gasteiger partial charge on any atom is 0.339 e. The number of hydrogen-bond acceptors (Lipinski definition) is 4. The Kier molecular flexibility index (Phi) is 3.54. The van der Waals surface area contributed by atoms with Crippen molar-refractivity contribution in [2.45, 2.75) is 19.4 Å². The molecule has 1 heterocycles. The number of benzene rings is 1. The van der Waals surface area contributed by atoms with Gasteiger partial charge in [0.25, 0.3) is 0 Å². The molecule has 2 rings (SSSR count). The molecule has 1 atom stereocenters. The largest absolute Gasteiger partial charge is 0.493 e. The third kappa shape index (κ3) is 2.23. The molecule has 92 valence electrons. The quantitative estimate of drug-likeness (QED) is 0.839. The van der Waals surface area contributed by atoms with Gasteiger partial charge in [0.1, 0.15) is 5.75 Å². The lowest BCUT2D eigenvalue weighted by atomic mass is 10.00. The first-order valence-corrected chi connectivity index (χ1v) is 5.81. The summed E-state index contributed by atoms with van der Waals surface area (Å²) in [5.41, 5.74) is 1.19. The molecule has 0 amide bonds. The Morgan fingerprint density at radius 2 is 2.41 bits per heavy atom. The summed E-state index contributed by atoms with van der Waals surface area (Å²) in [5, 5.41) is 10.3. The monoisotopic (exact) mass is 256 g/mol. The molecule has 1 aliphatic heterocycles. The first kappa shape index (κ1) is 12.2. The minimum Gasteiger partial charge on any atom is -0.493 e. The number of carbonyl (C=O) groups excluding carboxylic acids is 1. The van der Waals surface area contributed by atoms with Crippen LogP contribution in [0, 0.1) is 0 Å². The number of hydrogen-bond donors (Lipinski definition) is 1. The van der Waals surface area contributed by atoms with Crippen LogP contribution in [0.15, 0.2) is 12.1 Å². The summed E-state index contributed by atoms with van der Waals surface area (Å²) in [6, 6.07) is 3.36. The Labute approximate surface area is 104 Å². The zero-order valence-corrected chi connectivity index (χ0v) is 10.2. The zero-order valence-electron chi connectivity index (χ0n) is 9.40. The average Bonchev–Trinajstić information content (AvgIpc) is 2.76. The Bertz CT molecular complexity index is 444. The van der Waals surface area contributed by atoms with E-state index < -0.39 is 12.1 Å². The highest BCUT2D eigenvalue weighted by molar-refractivity contribution is 6.31. The molecule has 1 N–H and O–H groups in total. The van der Waals surface area contributed by atoms with Gasteiger partial charge in [-0.2, -0.15) is 0 Å². The van der Waals surface area contributed by atoms with E-state index in [0.29, 0.717) is 29.4 Å². The van der Waals surface area contributed by atoms with Gasteiger partial charge in [0.15, 0.2) is 6.10 Å². The molecule has 0 saturated carbocycles. The van der Waals surface area contributed by atoms with E-state index in [2.05, 4.69) is 0 Å². The minimum absolute atomic E-state index is 0.221. The van der Waals surface area contributed by atoms with Crippen molar-refractivity contribution in [3.05, 3.63) is 28.3 Å². The molecule has 0 aliphatic carbocycles. The fourth-order valence-electron chi connectivity index (χ4n) is 1.91. The summed E-state index contributed by atoms with van der Waals surface area (Å²) < 4.78 is 10.1. The van der Waals surface area contributed by atoms with Crippen molar-refractivity contribution in [3.63, 3.8) is 0 Å². The third-order valence-corrected chi connectivity index (χ3v) is 2.98. The summed E-state index contributed by atoms with van der Waals surface area (Å²) in [4.78, 5) is 11.5. The van der Waals surface area contributed by atoms with E-state index in [4.69, 9.17) is 21.1 Å². The number of carbonyl (C=O) groups is 1. The SMILES string of the molecule is CCOC(=O)C(O)c1c(Cl)ccc2c1CCO2. The van der Waals surface area contributed by atoms with Crippen LogP contribution in [0.2, 0.25) is 5.02 Å². The van der Waals surface area contributed by atoms with Gasteiger partial charge in [-0.1, -0.05) is 11.6 Å². The molecular weight excluding hydrogens is 244 g/mol. The van der Waals surface area contributed by atoms with Gasteiger partial charge in [-0.3, -0.25) is 0 Å². The van der Waals surface area contributed by atoms with Crippen LogP contribution in [-0.4, -0.2) is 24.3 Å². The highest BCUT2D eigenvalue weighted by atomic mass is 35.5. The summed E-state index contributed by atoms with van der Waals surface area (Å²) in [6.07, 6.45) is -0.707. The summed E-state index contributed by atoms with van der Waals surface area (Å²) >= 11 is 6.02. The third-order valence-electron chi connectivity index (χ3n) is 2.65. The van der Waals surface area contributed by atoms with Gasteiger partial charge in [-0.25, -0.2) is 4.79 Å². The number of rotatable bonds is 3. The maximum absolute atomic E-state index is 11.5. The Morgan fingerprint density at radius 3 is 3.12 bits per heavy atom. The molecule has 1 aromatic rings. The summed E-state index contributed by atoms with van der Waals surface area (Å²) in [6.45, 7) is 2.45. The molecule has 4 nitrogen and oxygen atoms in total. The summed E-state index contributed by atoms with van der Waals surface area (Å²) in [5.74, 6) is -0.0116. The van der Waals surface area contributed by atoms with Gasteiger partial charge in [0.05, 0.1) is 13.2 Å². The fraction of sp³-hybridized carbons (Fsp3) is 0.417. The summed E-state index contributed by atoms with van der Waals surface area (Å²) in [7, 11) is 0. The van der Waals surface area contributed by atoms with Gasteiger partial charge in [0.2, 0.25) is 0 Å². The van der Waals surface area contributed by atoms with E-state index in [1.54, 1.807) is 19.1 Å². The zero-order chi connectivity index (χ0) is 12.4. The first-order chi connectivity index (χ1) is 8.15. The van der Waals surface area contributed by atoms with E-state index in [1.807, 2.05) is 0 Å². The smallest absolute Gasteiger partial charge is 0.339 e. The van der Waals surface area contributed by atoms with Crippen molar-refractivity contribution in [1.29, 1.82) is 0 Å². The van der Waals surface area contributed by atoms with Gasteiger partial charge < -0.3 is 14.6 Å². The normalized spacial score (nSPS) is 15.0. The van der Waals surface area contributed by atoms with Crippen molar-refractivity contribution < 1.29 is 19.4 Å². The van der Waals surface area contributed by atoms with Gasteiger partial charge in [-0.15, -0.1) is 0 Å². The van der Waals surface area contributed by atoms with Crippen molar-refractivity contribution >= 4 is 17.6 Å². The molecule has 0 fully saturated rings. The molecule has 0 radical (unpaired) electrons. The number of aliphatic hydroxyl groups excluding tert-OH is 1. The average molecular weight is 257 g/mol. The molecule has 1 aromatic carbocycles. The van der Waals surface area contributed by atoms with Crippen LogP contribution in [0.25, 0.3) is 0 Å². The lowest BCUT2D eigenvalue weighted by Crippen LogP contribution is -2.17. The number of fused-ring (bicyclic) bond motifs is 1. The van der Waals surface area contributed by atoms with Crippen molar-refractivity contribution in [3.8, 4) is 5.75 Å². The Hall–Kier alpha value is -1.26. The second-order valence-electron chi connectivity index (χ2n) is 3.69. The van der Waals surface area contributed by atoms with Crippen LogP contribution >= 0.6 is 11.6 Å². The van der Waals surface area contributed by atoms with Crippen LogP contribution in [0.1, 0.15) is 24.2 Å². The standard InChI is InChI=1S/C12H13ClO4/c1-2-16-12(15)11(14)10-7-5-6-17-9(7)4-3-8(10)13/h3-4,11,14H,2,5-6H2,1H3. The Morgan fingerprint density at radius 1 is 1.65 bits per heavy atom. The van der Waals surface area contributed by atoms with Crippen LogP contribution in [0.3, 0.4) is 0 Å². The number of esters is 1. The number of ether oxygens (including phenoxy) is 2. The maximum atomic E-state index is 11.5. The molecule has 0 spiro atoms. The van der Waals surface area contributed by atoms with E-state index in [-0.39, 0.29) is 6.61 Å². The van der Waals surface area contributed by atoms with Crippen LogP contribution < -0.4 is 4.74 Å². The van der Waals surface area contributed by atoms with Crippen LogP contribution in [0.5, 0.6) is 5.75 Å². The van der Waals surface area contributed by atoms with E-state index in [1.165, 1.54) is 0 Å². The van der Waals surface area contributed by atoms with E-state index >= 15 is 0 Å². The molecule has 17 heavy (non-hydrogen) atoms. The predicted molar refractivity (Wildman–Crippen MR) is 62.2 cm³/mol. The molecule has 0 saturated heterocycles. The second-order valence-corrected chi connectivity index (χ2v) is 4.10. The fourth-order valence-corrected chi connectivity index (χ4v) is 2.19. The van der Waals surface area contributed by atoms with Crippen molar-refractivity contribution in [2.75, 3.05) is 13.2 Å². The van der Waals surface area contributed by atoms with Crippen LogP contribution in [0.4, 0.5) is 0 Å². The van der Waals surface area contributed by atoms with Crippen molar-refractivity contribution in [1.82, 2.24) is 0 Å². The van der Waals surface area contributed by atoms with Gasteiger partial charge in [0, 0.05) is 22.6 Å². The highest BCUT2D eigenvalue weighted by Crippen LogP contribution is 2.37. The van der Waals surface area contributed by atoms with E-state index in [9.17, 15) is 9.90 Å². The minimum atomic E-state index is -1.35.